The molecule has 1 atom stereocenters. The van der Waals surface area contributed by atoms with Crippen molar-refractivity contribution in [2.45, 2.75) is 12.8 Å². The Bertz CT molecular complexity index is 646. The van der Waals surface area contributed by atoms with E-state index in [1.807, 2.05) is 0 Å². The van der Waals surface area contributed by atoms with Gasteiger partial charge in [0, 0.05) is 19.5 Å². The Morgan fingerprint density at radius 2 is 2.38 bits per heavy atom. The summed E-state index contributed by atoms with van der Waals surface area (Å²) in [5.74, 6) is -0.889. The molecule has 3 rings (SSSR count). The van der Waals surface area contributed by atoms with Gasteiger partial charge in [0.25, 0.3) is 5.91 Å². The number of nitrogens with zero attached hydrogens (tertiary/aromatic N) is 4. The number of aromatic hydroxyl groups is 1. The lowest BCUT2D eigenvalue weighted by atomic mass is 10.1. The van der Waals surface area contributed by atoms with Crippen LogP contribution < -0.4 is 0 Å². The van der Waals surface area contributed by atoms with Gasteiger partial charge in [-0.25, -0.2) is 4.39 Å². The first kappa shape index (κ1) is 13.5. The number of para-hydroxylation sites is 1. The smallest absolute Gasteiger partial charge is 0.257 e. The number of carbonyl (C=O) groups is 1. The minimum Gasteiger partial charge on any atom is -0.504 e. The number of rotatable bonds is 3. The van der Waals surface area contributed by atoms with E-state index in [0.29, 0.717) is 25.3 Å². The lowest BCUT2D eigenvalue weighted by molar-refractivity contribution is 0.0783. The molecule has 21 heavy (non-hydrogen) atoms. The van der Waals surface area contributed by atoms with E-state index in [2.05, 4.69) is 20.6 Å². The van der Waals surface area contributed by atoms with Gasteiger partial charge in [-0.3, -0.25) is 4.79 Å². The van der Waals surface area contributed by atoms with Gasteiger partial charge < -0.3 is 10.0 Å². The molecule has 2 aromatic rings. The van der Waals surface area contributed by atoms with Crippen molar-refractivity contribution < 1.29 is 14.3 Å². The van der Waals surface area contributed by atoms with Crippen molar-refractivity contribution in [1.82, 2.24) is 25.5 Å². The van der Waals surface area contributed by atoms with E-state index in [1.54, 1.807) is 4.90 Å². The molecular formula is C13H14FN5O2. The Balaban J connectivity index is 1.68. The predicted octanol–water partition coefficient (Wildman–Crippen LogP) is 0.749. The molecule has 1 aromatic carbocycles. The number of phenolic OH excluding ortho intramolecular Hbond substituents is 1. The molecule has 0 bridgehead atoms. The molecule has 8 heteroatoms. The van der Waals surface area contributed by atoms with Gasteiger partial charge in [0.2, 0.25) is 0 Å². The van der Waals surface area contributed by atoms with Crippen LogP contribution in [0.3, 0.4) is 0 Å². The minimum atomic E-state index is -0.789. The monoisotopic (exact) mass is 291 g/mol. The van der Waals surface area contributed by atoms with Crippen LogP contribution in [0.5, 0.6) is 5.75 Å². The summed E-state index contributed by atoms with van der Waals surface area (Å²) in [6.07, 6.45) is 1.45. The van der Waals surface area contributed by atoms with E-state index < -0.39 is 11.6 Å². The number of amides is 1. The highest BCUT2D eigenvalue weighted by atomic mass is 19.1. The number of aromatic nitrogens is 4. The Labute approximate surface area is 119 Å². The van der Waals surface area contributed by atoms with Gasteiger partial charge in [-0.2, -0.15) is 5.21 Å². The van der Waals surface area contributed by atoms with Crippen LogP contribution in [-0.4, -0.2) is 49.6 Å². The number of benzene rings is 1. The maximum atomic E-state index is 13.3. The molecule has 1 aromatic heterocycles. The topological polar surface area (TPSA) is 95.0 Å². The summed E-state index contributed by atoms with van der Waals surface area (Å²) in [6, 6.07) is 3.96. The number of tetrazole rings is 1. The zero-order valence-electron chi connectivity index (χ0n) is 11.2. The second kappa shape index (κ2) is 5.47. The Kier molecular flexibility index (Phi) is 3.51. The summed E-state index contributed by atoms with van der Waals surface area (Å²) >= 11 is 0. The van der Waals surface area contributed by atoms with Gasteiger partial charge in [-0.05, 0) is 24.5 Å². The molecule has 7 nitrogen and oxygen atoms in total. The van der Waals surface area contributed by atoms with E-state index >= 15 is 0 Å². The lowest BCUT2D eigenvalue weighted by Gasteiger charge is -2.17. The molecule has 0 radical (unpaired) electrons. The zero-order chi connectivity index (χ0) is 14.8. The number of carbonyl (C=O) groups excluding carboxylic acids is 1. The number of hydrogen-bond acceptors (Lipinski definition) is 5. The fourth-order valence-electron chi connectivity index (χ4n) is 2.57. The van der Waals surface area contributed by atoms with E-state index in [9.17, 15) is 14.3 Å². The van der Waals surface area contributed by atoms with E-state index in [0.717, 1.165) is 12.5 Å². The molecule has 110 valence electrons. The van der Waals surface area contributed by atoms with Crippen LogP contribution in [0.15, 0.2) is 18.2 Å². The van der Waals surface area contributed by atoms with Gasteiger partial charge in [0.05, 0.1) is 5.56 Å². The van der Waals surface area contributed by atoms with Crippen molar-refractivity contribution >= 4 is 5.91 Å². The van der Waals surface area contributed by atoms with E-state index in [-0.39, 0.29) is 17.4 Å². The standard InChI is InChI=1S/C13H14FN5O2/c14-10-3-1-2-9(12(10)20)13(21)19-5-4-8(7-19)6-11-15-17-18-16-11/h1-3,8,20H,4-7H2,(H,15,16,17,18). The maximum absolute atomic E-state index is 13.3. The number of H-pyrrole nitrogens is 1. The Morgan fingerprint density at radius 3 is 3.14 bits per heavy atom. The van der Waals surface area contributed by atoms with Crippen molar-refractivity contribution in [2.24, 2.45) is 5.92 Å². The Morgan fingerprint density at radius 1 is 1.52 bits per heavy atom. The fourth-order valence-corrected chi connectivity index (χ4v) is 2.57. The summed E-state index contributed by atoms with van der Waals surface area (Å²) in [5.41, 5.74) is -0.00443. The van der Waals surface area contributed by atoms with Crippen molar-refractivity contribution in [3.8, 4) is 5.75 Å². The zero-order valence-corrected chi connectivity index (χ0v) is 11.2. The second-order valence-corrected chi connectivity index (χ2v) is 5.07. The highest BCUT2D eigenvalue weighted by molar-refractivity contribution is 5.97. The second-order valence-electron chi connectivity index (χ2n) is 5.07. The normalized spacial score (nSPS) is 18.1. The first-order chi connectivity index (χ1) is 10.1. The number of phenols is 1. The van der Waals surface area contributed by atoms with Gasteiger partial charge in [-0.15, -0.1) is 10.2 Å². The average Bonchev–Trinajstić information content (AvgIpc) is 3.13. The van der Waals surface area contributed by atoms with Crippen molar-refractivity contribution in [3.63, 3.8) is 0 Å². The summed E-state index contributed by atoms with van der Waals surface area (Å²) in [4.78, 5) is 13.9. The molecule has 1 aliphatic rings. The van der Waals surface area contributed by atoms with Gasteiger partial charge in [0.1, 0.15) is 0 Å². The van der Waals surface area contributed by atoms with Crippen LogP contribution in [0.2, 0.25) is 0 Å². The third-order valence-electron chi connectivity index (χ3n) is 3.65. The first-order valence-corrected chi connectivity index (χ1v) is 6.64. The molecule has 2 heterocycles. The number of aromatic amines is 1. The number of likely N-dealkylation sites (tertiary alicyclic amines) is 1. The fraction of sp³-hybridized carbons (Fsp3) is 0.385. The van der Waals surface area contributed by atoms with Crippen molar-refractivity contribution in [2.75, 3.05) is 13.1 Å². The van der Waals surface area contributed by atoms with Gasteiger partial charge in [0.15, 0.2) is 17.4 Å². The van der Waals surface area contributed by atoms with E-state index in [1.165, 1.54) is 12.1 Å². The average molecular weight is 291 g/mol. The van der Waals surface area contributed by atoms with Crippen LogP contribution in [0.25, 0.3) is 0 Å². The molecule has 0 spiro atoms. The molecule has 1 aliphatic heterocycles. The highest BCUT2D eigenvalue weighted by Crippen LogP contribution is 2.26. The number of nitrogens with one attached hydrogen (secondary N) is 1. The summed E-state index contributed by atoms with van der Waals surface area (Å²) in [5, 5.41) is 23.3. The van der Waals surface area contributed by atoms with Crippen LogP contribution in [0.4, 0.5) is 4.39 Å². The SMILES string of the molecule is O=C(c1cccc(F)c1O)N1CCC(Cc2nn[nH]n2)C1. The quantitative estimate of drug-likeness (QED) is 0.870. The molecule has 1 amide bonds. The summed E-state index contributed by atoms with van der Waals surface area (Å²) in [6.45, 7) is 1.10. The predicted molar refractivity (Wildman–Crippen MR) is 70.0 cm³/mol. The third kappa shape index (κ3) is 2.69. The summed E-state index contributed by atoms with van der Waals surface area (Å²) < 4.78 is 13.3. The first-order valence-electron chi connectivity index (χ1n) is 6.64. The van der Waals surface area contributed by atoms with Gasteiger partial charge in [-0.1, -0.05) is 11.3 Å². The molecular weight excluding hydrogens is 277 g/mol. The van der Waals surface area contributed by atoms with Crippen molar-refractivity contribution in [1.29, 1.82) is 0 Å². The third-order valence-corrected chi connectivity index (χ3v) is 3.65. The van der Waals surface area contributed by atoms with Crippen LogP contribution >= 0.6 is 0 Å². The minimum absolute atomic E-state index is 0.00443. The lowest BCUT2D eigenvalue weighted by Crippen LogP contribution is -2.29. The molecule has 1 saturated heterocycles. The molecule has 1 fully saturated rings. The molecule has 2 N–H and O–H groups in total. The number of halogens is 1. The van der Waals surface area contributed by atoms with Crippen molar-refractivity contribution in [3.05, 3.63) is 35.4 Å². The maximum Gasteiger partial charge on any atom is 0.257 e. The van der Waals surface area contributed by atoms with Crippen LogP contribution in [0, 0.1) is 11.7 Å². The van der Waals surface area contributed by atoms with E-state index in [4.69, 9.17) is 0 Å². The van der Waals surface area contributed by atoms with Gasteiger partial charge >= 0.3 is 0 Å². The highest BCUT2D eigenvalue weighted by Gasteiger charge is 2.29. The Hall–Kier alpha value is -2.51. The van der Waals surface area contributed by atoms with Crippen LogP contribution in [-0.2, 0) is 6.42 Å². The summed E-state index contributed by atoms with van der Waals surface area (Å²) in [7, 11) is 0. The number of hydrogen-bond donors (Lipinski definition) is 2. The molecule has 1 unspecified atom stereocenters. The molecule has 0 saturated carbocycles. The largest absolute Gasteiger partial charge is 0.504 e. The van der Waals surface area contributed by atoms with Crippen LogP contribution in [0.1, 0.15) is 22.6 Å². The molecule has 0 aliphatic carbocycles.